The zero-order valence-corrected chi connectivity index (χ0v) is 12.6. The number of halogens is 4. The molecular weight excluding hydrogens is 299 g/mol. The monoisotopic (exact) mass is 314 g/mol. The zero-order chi connectivity index (χ0) is 15.6. The Labute approximate surface area is 127 Å². The molecule has 0 spiro atoms. The van der Waals surface area contributed by atoms with E-state index in [0.717, 1.165) is 30.7 Å². The molecule has 1 nitrogen and oxygen atoms in total. The van der Waals surface area contributed by atoms with E-state index in [-0.39, 0.29) is 0 Å². The molecule has 0 radical (unpaired) electrons. The van der Waals surface area contributed by atoms with Gasteiger partial charge in [-0.2, -0.15) is 13.2 Å². The van der Waals surface area contributed by atoms with Crippen LogP contribution in [0.25, 0.3) is 11.1 Å². The number of hydrogen-bond donors (Lipinski definition) is 0. The molecule has 1 aromatic carbocycles. The number of hydrogen-bond acceptors (Lipinski definition) is 0. The number of aromatic nitrogens is 1. The third-order valence-corrected chi connectivity index (χ3v) is 3.83. The molecule has 0 bridgehead atoms. The lowest BCUT2D eigenvalue weighted by molar-refractivity contribution is -0.693. The fourth-order valence-corrected chi connectivity index (χ4v) is 2.52. The van der Waals surface area contributed by atoms with Gasteiger partial charge in [-0.1, -0.05) is 30.7 Å². The molecule has 1 heterocycles. The van der Waals surface area contributed by atoms with Crippen LogP contribution in [0.1, 0.15) is 25.0 Å². The predicted molar refractivity (Wildman–Crippen MR) is 77.1 cm³/mol. The van der Waals surface area contributed by atoms with Crippen LogP contribution in [0, 0.1) is 0 Å². The molecule has 0 unspecified atom stereocenters. The Morgan fingerprint density at radius 2 is 1.86 bits per heavy atom. The van der Waals surface area contributed by atoms with Crippen LogP contribution in [0.4, 0.5) is 13.2 Å². The summed E-state index contributed by atoms with van der Waals surface area (Å²) < 4.78 is 40.4. The maximum Gasteiger partial charge on any atom is 0.416 e. The first-order valence-corrected chi connectivity index (χ1v) is 7.13. The second-order valence-electron chi connectivity index (χ2n) is 4.77. The molecule has 2 rings (SSSR count). The fourth-order valence-electron chi connectivity index (χ4n) is 2.18. The summed E-state index contributed by atoms with van der Waals surface area (Å²) in [6.07, 6.45) is 0.0909. The van der Waals surface area contributed by atoms with Gasteiger partial charge in [0.25, 0.3) is 0 Å². The lowest BCUT2D eigenvalue weighted by Gasteiger charge is -2.11. The molecule has 112 valence electrons. The molecule has 0 aliphatic rings. The van der Waals surface area contributed by atoms with Crippen molar-refractivity contribution in [1.82, 2.24) is 0 Å². The smallest absolute Gasteiger partial charge is 0.204 e. The molecule has 21 heavy (non-hydrogen) atoms. The quantitative estimate of drug-likeness (QED) is 0.710. The van der Waals surface area contributed by atoms with Gasteiger partial charge in [-0.15, -0.1) is 0 Å². The summed E-state index contributed by atoms with van der Waals surface area (Å²) in [7, 11) is 0. The number of aryl methyl sites for hydroxylation is 2. The first kappa shape index (κ1) is 15.8. The van der Waals surface area contributed by atoms with Crippen LogP contribution in [0.5, 0.6) is 0 Å². The van der Waals surface area contributed by atoms with Crippen LogP contribution < -0.4 is 4.57 Å². The van der Waals surface area contributed by atoms with Crippen molar-refractivity contribution in [2.75, 3.05) is 0 Å². The molecule has 2 aromatic rings. The van der Waals surface area contributed by atoms with E-state index in [2.05, 4.69) is 0 Å². The molecule has 0 N–H and O–H groups in total. The molecule has 0 aliphatic carbocycles. The second-order valence-corrected chi connectivity index (χ2v) is 5.15. The Morgan fingerprint density at radius 3 is 2.43 bits per heavy atom. The molecule has 0 amide bonds. The highest BCUT2D eigenvalue weighted by atomic mass is 35.5. The summed E-state index contributed by atoms with van der Waals surface area (Å²) in [5, 5.41) is 0.515. The van der Waals surface area contributed by atoms with Crippen LogP contribution in [-0.4, -0.2) is 0 Å². The molecular formula is C16H16ClF3N+. The van der Waals surface area contributed by atoms with Gasteiger partial charge < -0.3 is 0 Å². The average Bonchev–Trinajstić information content (AvgIpc) is 2.47. The van der Waals surface area contributed by atoms with Gasteiger partial charge in [-0.3, -0.25) is 0 Å². The lowest BCUT2D eigenvalue weighted by atomic mass is 10.0. The molecule has 5 heteroatoms. The fraction of sp³-hybridized carbons (Fsp3) is 0.312. The number of alkyl halides is 3. The van der Waals surface area contributed by atoms with E-state index < -0.39 is 11.7 Å². The van der Waals surface area contributed by atoms with Crippen molar-refractivity contribution >= 4 is 11.6 Å². The molecule has 0 atom stereocenters. The first-order valence-electron chi connectivity index (χ1n) is 6.76. The summed E-state index contributed by atoms with van der Waals surface area (Å²) in [4.78, 5) is 0. The van der Waals surface area contributed by atoms with E-state index in [4.69, 9.17) is 11.6 Å². The van der Waals surface area contributed by atoms with Crippen LogP contribution in [0.2, 0.25) is 5.02 Å². The predicted octanol–water partition coefficient (Wildman–Crippen LogP) is 4.90. The summed E-state index contributed by atoms with van der Waals surface area (Å²) in [5.41, 5.74) is 1.37. The van der Waals surface area contributed by atoms with E-state index in [0.29, 0.717) is 16.1 Å². The molecule has 1 aromatic heterocycles. The SMILES string of the molecule is CCc1c[n+](CC)cc(-c2cccc(C(F)(F)F)c2)c1Cl. The number of benzene rings is 1. The van der Waals surface area contributed by atoms with Gasteiger partial charge in [-0.05, 0) is 31.0 Å². The summed E-state index contributed by atoms with van der Waals surface area (Å²) in [6, 6.07) is 5.26. The number of nitrogens with zero attached hydrogens (tertiary/aromatic N) is 1. The molecule has 0 saturated heterocycles. The first-order chi connectivity index (χ1) is 9.86. The largest absolute Gasteiger partial charge is 0.416 e. The Morgan fingerprint density at radius 1 is 1.14 bits per heavy atom. The van der Waals surface area contributed by atoms with Gasteiger partial charge in [0, 0.05) is 5.56 Å². The summed E-state index contributed by atoms with van der Waals surface area (Å²) in [5.74, 6) is 0. The van der Waals surface area contributed by atoms with Crippen LogP contribution >= 0.6 is 11.6 Å². The van der Waals surface area contributed by atoms with Crippen LogP contribution in [-0.2, 0) is 19.1 Å². The van der Waals surface area contributed by atoms with Gasteiger partial charge in [0.05, 0.1) is 16.1 Å². The third kappa shape index (κ3) is 3.38. The van der Waals surface area contributed by atoms with Crippen molar-refractivity contribution < 1.29 is 17.7 Å². The summed E-state index contributed by atoms with van der Waals surface area (Å²) in [6.45, 7) is 4.68. The highest BCUT2D eigenvalue weighted by Gasteiger charge is 2.30. The van der Waals surface area contributed by atoms with Crippen molar-refractivity contribution in [3.8, 4) is 11.1 Å². The minimum absolute atomic E-state index is 0.479. The Hall–Kier alpha value is -1.55. The number of pyridine rings is 1. The topological polar surface area (TPSA) is 3.88 Å². The van der Waals surface area contributed by atoms with Gasteiger partial charge in [0.15, 0.2) is 12.4 Å². The maximum atomic E-state index is 12.8. The van der Waals surface area contributed by atoms with Crippen molar-refractivity contribution in [2.45, 2.75) is 33.0 Å². The van der Waals surface area contributed by atoms with Crippen molar-refractivity contribution in [3.63, 3.8) is 0 Å². The van der Waals surface area contributed by atoms with E-state index >= 15 is 0 Å². The van der Waals surface area contributed by atoms with Crippen molar-refractivity contribution in [2.24, 2.45) is 0 Å². The highest BCUT2D eigenvalue weighted by molar-refractivity contribution is 6.34. The van der Waals surface area contributed by atoms with E-state index in [1.54, 1.807) is 12.3 Å². The van der Waals surface area contributed by atoms with Gasteiger partial charge in [0.1, 0.15) is 6.54 Å². The minimum Gasteiger partial charge on any atom is -0.204 e. The van der Waals surface area contributed by atoms with Gasteiger partial charge in [0.2, 0.25) is 0 Å². The lowest BCUT2D eigenvalue weighted by Crippen LogP contribution is -2.32. The zero-order valence-electron chi connectivity index (χ0n) is 11.8. The Kier molecular flexibility index (Phi) is 4.57. The van der Waals surface area contributed by atoms with Gasteiger partial charge in [-0.25, -0.2) is 4.57 Å². The average molecular weight is 315 g/mol. The van der Waals surface area contributed by atoms with Crippen LogP contribution in [0.3, 0.4) is 0 Å². The maximum absolute atomic E-state index is 12.8. The normalized spacial score (nSPS) is 11.7. The Bertz CT molecular complexity index is 650. The highest BCUT2D eigenvalue weighted by Crippen LogP contribution is 2.34. The minimum atomic E-state index is -4.36. The molecule has 0 saturated carbocycles. The third-order valence-electron chi connectivity index (χ3n) is 3.38. The molecule has 0 fully saturated rings. The standard InChI is InChI=1S/C16H16ClF3N/c1-3-11-9-21(4-2)10-14(15(11)17)12-6-5-7-13(8-12)16(18,19)20/h5-10H,3-4H2,1-2H3/q+1. The molecule has 0 aliphatic heterocycles. The Balaban J connectivity index is 2.61. The summed E-state index contributed by atoms with van der Waals surface area (Å²) >= 11 is 6.34. The van der Waals surface area contributed by atoms with Crippen molar-refractivity contribution in [3.05, 3.63) is 52.8 Å². The van der Waals surface area contributed by atoms with Crippen molar-refractivity contribution in [1.29, 1.82) is 0 Å². The van der Waals surface area contributed by atoms with Crippen LogP contribution in [0.15, 0.2) is 36.7 Å². The number of rotatable bonds is 3. The van der Waals surface area contributed by atoms with E-state index in [1.807, 2.05) is 24.6 Å². The van der Waals surface area contributed by atoms with E-state index in [9.17, 15) is 13.2 Å². The van der Waals surface area contributed by atoms with E-state index in [1.165, 1.54) is 6.07 Å². The van der Waals surface area contributed by atoms with Gasteiger partial charge >= 0.3 is 6.18 Å². The second kappa shape index (κ2) is 6.06.